The van der Waals surface area contributed by atoms with E-state index >= 15 is 0 Å². The van der Waals surface area contributed by atoms with Gasteiger partial charge in [0.2, 0.25) is 0 Å². The van der Waals surface area contributed by atoms with Crippen molar-refractivity contribution in [3.8, 4) is 0 Å². The second-order valence-corrected chi connectivity index (χ2v) is 4.92. The Bertz CT molecular complexity index is 310. The molecule has 1 aliphatic carbocycles. The van der Waals surface area contributed by atoms with Gasteiger partial charge in [-0.15, -0.1) is 0 Å². The van der Waals surface area contributed by atoms with Gasteiger partial charge in [0, 0.05) is 25.3 Å². The van der Waals surface area contributed by atoms with Crippen molar-refractivity contribution in [2.45, 2.75) is 51.1 Å². The fourth-order valence-electron chi connectivity index (χ4n) is 2.39. The van der Waals surface area contributed by atoms with Crippen molar-refractivity contribution in [2.24, 2.45) is 7.05 Å². The molecule has 1 aliphatic rings. The van der Waals surface area contributed by atoms with Gasteiger partial charge >= 0.3 is 0 Å². The molecule has 1 fully saturated rings. The number of hydrogen-bond donors (Lipinski definition) is 1. The highest BCUT2D eigenvalue weighted by Gasteiger charge is 2.25. The van der Waals surface area contributed by atoms with Crippen molar-refractivity contribution in [2.75, 3.05) is 0 Å². The molecule has 3 nitrogen and oxygen atoms in total. The van der Waals surface area contributed by atoms with Crippen LogP contribution in [0.15, 0.2) is 12.3 Å². The largest absolute Gasteiger partial charge is 0.306 e. The van der Waals surface area contributed by atoms with Crippen LogP contribution in [0.25, 0.3) is 0 Å². The van der Waals surface area contributed by atoms with Crippen molar-refractivity contribution in [3.05, 3.63) is 18.0 Å². The Labute approximate surface area is 91.9 Å². The minimum Gasteiger partial charge on any atom is -0.306 e. The Morgan fingerprint density at radius 1 is 1.40 bits per heavy atom. The molecule has 1 heterocycles. The summed E-state index contributed by atoms with van der Waals surface area (Å²) in [7, 11) is 2.00. The summed E-state index contributed by atoms with van der Waals surface area (Å²) in [6, 6.07) is 2.08. The summed E-state index contributed by atoms with van der Waals surface area (Å²) >= 11 is 0. The van der Waals surface area contributed by atoms with Crippen LogP contribution < -0.4 is 5.32 Å². The van der Waals surface area contributed by atoms with E-state index in [-0.39, 0.29) is 0 Å². The Kier molecular flexibility index (Phi) is 3.10. The third-order valence-corrected chi connectivity index (χ3v) is 3.58. The lowest BCUT2D eigenvalue weighted by Gasteiger charge is -2.34. The van der Waals surface area contributed by atoms with Crippen LogP contribution in [0.3, 0.4) is 0 Å². The monoisotopic (exact) mass is 207 g/mol. The first-order valence-electron chi connectivity index (χ1n) is 5.92. The van der Waals surface area contributed by atoms with Crippen LogP contribution in [0.4, 0.5) is 0 Å². The smallest absolute Gasteiger partial charge is 0.0518 e. The van der Waals surface area contributed by atoms with Crippen molar-refractivity contribution in [1.82, 2.24) is 15.1 Å². The molecule has 1 aromatic heterocycles. The Morgan fingerprint density at radius 2 is 2.13 bits per heavy atom. The summed E-state index contributed by atoms with van der Waals surface area (Å²) in [6.45, 7) is 3.29. The standard InChI is InChI=1S/C12H21N3/c1-12(7-4-3-5-8-12)13-10-11-6-9-14-15(11)2/h6,9,13H,3-5,7-8,10H2,1-2H3. The number of hydrogen-bond acceptors (Lipinski definition) is 2. The molecule has 3 heteroatoms. The summed E-state index contributed by atoms with van der Waals surface area (Å²) in [4.78, 5) is 0. The highest BCUT2D eigenvalue weighted by Crippen LogP contribution is 2.27. The molecule has 15 heavy (non-hydrogen) atoms. The van der Waals surface area contributed by atoms with Crippen LogP contribution in [0.2, 0.25) is 0 Å². The minimum atomic E-state index is 0.350. The number of nitrogens with zero attached hydrogens (tertiary/aromatic N) is 2. The molecule has 84 valence electrons. The van der Waals surface area contributed by atoms with Gasteiger partial charge in [0.15, 0.2) is 0 Å². The number of aryl methyl sites for hydroxylation is 1. The minimum absolute atomic E-state index is 0.350. The first kappa shape index (κ1) is 10.7. The third kappa shape index (κ3) is 2.59. The third-order valence-electron chi connectivity index (χ3n) is 3.58. The maximum atomic E-state index is 4.18. The van der Waals surface area contributed by atoms with E-state index in [1.165, 1.54) is 37.8 Å². The Morgan fingerprint density at radius 3 is 2.73 bits per heavy atom. The highest BCUT2D eigenvalue weighted by molar-refractivity contribution is 5.01. The molecule has 0 bridgehead atoms. The lowest BCUT2D eigenvalue weighted by Crippen LogP contribution is -2.43. The zero-order valence-electron chi connectivity index (χ0n) is 9.79. The van der Waals surface area contributed by atoms with E-state index in [0.717, 1.165) is 6.54 Å². The van der Waals surface area contributed by atoms with Gasteiger partial charge in [0.25, 0.3) is 0 Å². The maximum Gasteiger partial charge on any atom is 0.0518 e. The molecular weight excluding hydrogens is 186 g/mol. The molecule has 0 unspecified atom stereocenters. The van der Waals surface area contributed by atoms with Crippen molar-refractivity contribution < 1.29 is 0 Å². The van der Waals surface area contributed by atoms with Crippen molar-refractivity contribution in [3.63, 3.8) is 0 Å². The molecule has 0 spiro atoms. The van der Waals surface area contributed by atoms with E-state index in [1.807, 2.05) is 17.9 Å². The second-order valence-electron chi connectivity index (χ2n) is 4.92. The van der Waals surface area contributed by atoms with E-state index in [4.69, 9.17) is 0 Å². The van der Waals surface area contributed by atoms with E-state index in [2.05, 4.69) is 23.4 Å². The van der Waals surface area contributed by atoms with Gasteiger partial charge in [0.1, 0.15) is 0 Å². The van der Waals surface area contributed by atoms with E-state index in [9.17, 15) is 0 Å². The average Bonchev–Trinajstić information content (AvgIpc) is 2.62. The summed E-state index contributed by atoms with van der Waals surface area (Å²) < 4.78 is 1.94. The van der Waals surface area contributed by atoms with Gasteiger partial charge in [-0.25, -0.2) is 0 Å². The molecule has 0 aliphatic heterocycles. The van der Waals surface area contributed by atoms with Crippen LogP contribution in [0.1, 0.15) is 44.7 Å². The van der Waals surface area contributed by atoms with Crippen LogP contribution in [-0.2, 0) is 13.6 Å². The average molecular weight is 207 g/mol. The van der Waals surface area contributed by atoms with Gasteiger partial charge in [0.05, 0.1) is 5.69 Å². The molecule has 0 amide bonds. The fourth-order valence-corrected chi connectivity index (χ4v) is 2.39. The van der Waals surface area contributed by atoms with Gasteiger partial charge in [-0.3, -0.25) is 4.68 Å². The summed E-state index contributed by atoms with van der Waals surface area (Å²) in [6.07, 6.45) is 8.63. The molecule has 0 saturated heterocycles. The first-order valence-corrected chi connectivity index (χ1v) is 5.92. The summed E-state index contributed by atoms with van der Waals surface area (Å²) in [5.74, 6) is 0. The first-order chi connectivity index (χ1) is 7.20. The summed E-state index contributed by atoms with van der Waals surface area (Å²) in [5.41, 5.74) is 1.62. The molecule has 1 aromatic rings. The normalized spacial score (nSPS) is 20.4. The second kappa shape index (κ2) is 4.35. The molecule has 1 saturated carbocycles. The Balaban J connectivity index is 1.89. The Hall–Kier alpha value is -0.830. The molecule has 0 radical (unpaired) electrons. The SMILES string of the molecule is Cn1nccc1CNC1(C)CCCCC1. The zero-order valence-corrected chi connectivity index (χ0v) is 9.79. The molecule has 1 N–H and O–H groups in total. The quantitative estimate of drug-likeness (QED) is 0.823. The molecule has 0 atom stereocenters. The van der Waals surface area contributed by atoms with Crippen LogP contribution in [0.5, 0.6) is 0 Å². The van der Waals surface area contributed by atoms with Gasteiger partial charge in [-0.05, 0) is 25.8 Å². The van der Waals surface area contributed by atoms with Gasteiger partial charge in [-0.1, -0.05) is 19.3 Å². The highest BCUT2D eigenvalue weighted by atomic mass is 15.3. The number of rotatable bonds is 3. The molecule has 2 rings (SSSR count). The predicted molar refractivity (Wildman–Crippen MR) is 61.5 cm³/mol. The van der Waals surface area contributed by atoms with E-state index < -0.39 is 0 Å². The van der Waals surface area contributed by atoms with Crippen LogP contribution >= 0.6 is 0 Å². The molecular formula is C12H21N3. The van der Waals surface area contributed by atoms with Crippen molar-refractivity contribution in [1.29, 1.82) is 0 Å². The number of aromatic nitrogens is 2. The van der Waals surface area contributed by atoms with Gasteiger partial charge in [-0.2, -0.15) is 5.10 Å². The van der Waals surface area contributed by atoms with Gasteiger partial charge < -0.3 is 5.32 Å². The van der Waals surface area contributed by atoms with Crippen LogP contribution in [-0.4, -0.2) is 15.3 Å². The maximum absolute atomic E-state index is 4.18. The summed E-state index contributed by atoms with van der Waals surface area (Å²) in [5, 5.41) is 7.86. The van der Waals surface area contributed by atoms with E-state index in [1.54, 1.807) is 0 Å². The lowest BCUT2D eigenvalue weighted by atomic mass is 9.83. The fraction of sp³-hybridized carbons (Fsp3) is 0.750. The zero-order chi connectivity index (χ0) is 10.7. The molecule has 0 aromatic carbocycles. The van der Waals surface area contributed by atoms with E-state index in [0.29, 0.717) is 5.54 Å². The van der Waals surface area contributed by atoms with Crippen molar-refractivity contribution >= 4 is 0 Å². The predicted octanol–water partition coefficient (Wildman–Crippen LogP) is 2.23. The topological polar surface area (TPSA) is 29.9 Å². The lowest BCUT2D eigenvalue weighted by molar-refractivity contribution is 0.250. The number of nitrogens with one attached hydrogen (secondary N) is 1. The van der Waals surface area contributed by atoms with Crippen LogP contribution in [0, 0.1) is 0 Å².